The average molecular weight is 441 g/mol. The molecule has 0 radical (unpaired) electrons. The molecule has 1 fully saturated rings. The number of carboxylic acid groups (broad SMARTS) is 1. The number of aliphatic carboxylic acids is 1. The molecule has 146 valence electrons. The highest BCUT2D eigenvalue weighted by Crippen LogP contribution is 2.38. The van der Waals surface area contributed by atoms with E-state index in [1.807, 2.05) is 11.8 Å². The molecule has 0 bridgehead atoms. The van der Waals surface area contributed by atoms with E-state index in [-0.39, 0.29) is 0 Å². The van der Waals surface area contributed by atoms with E-state index in [0.29, 0.717) is 3.53 Å². The van der Waals surface area contributed by atoms with Gasteiger partial charge in [-0.05, 0) is 20.3 Å². The fraction of sp³-hybridized carbons (Fsp3) is 0.833. The molecular formula is C18H32O2S5. The van der Waals surface area contributed by atoms with Crippen molar-refractivity contribution < 1.29 is 9.90 Å². The summed E-state index contributed by atoms with van der Waals surface area (Å²) in [5.41, 5.74) is 0. The third-order valence-corrected chi connectivity index (χ3v) is 7.02. The van der Waals surface area contributed by atoms with Crippen LogP contribution in [0.2, 0.25) is 0 Å². The number of unbranched alkanes of at least 4 members (excludes halogenated alkanes) is 8. The number of thiol groups is 1. The fourth-order valence-corrected chi connectivity index (χ4v) is 5.10. The number of thioether (sulfide) groups is 2. The summed E-state index contributed by atoms with van der Waals surface area (Å²) in [5.74, 6) is -0.881. The number of hydrogen-bond acceptors (Lipinski definition) is 5. The number of carbonyl (C=O) groups is 1. The van der Waals surface area contributed by atoms with Crippen molar-refractivity contribution in [2.45, 2.75) is 95.0 Å². The summed E-state index contributed by atoms with van der Waals surface area (Å²) < 4.78 is 0.751. The zero-order valence-corrected chi connectivity index (χ0v) is 19.7. The Morgan fingerprint density at radius 2 is 1.60 bits per heavy atom. The Morgan fingerprint density at radius 3 is 1.92 bits per heavy atom. The van der Waals surface area contributed by atoms with E-state index < -0.39 is 10.7 Å². The first kappa shape index (κ1) is 25.7. The molecule has 1 rings (SSSR count). The molecule has 2 nitrogen and oxygen atoms in total. The second-order valence-electron chi connectivity index (χ2n) is 6.73. The molecule has 25 heavy (non-hydrogen) atoms. The van der Waals surface area contributed by atoms with Crippen LogP contribution in [0.1, 0.15) is 85.0 Å². The number of carboxylic acids is 1. The van der Waals surface area contributed by atoms with Gasteiger partial charge in [0.05, 0.1) is 9.45 Å². The van der Waals surface area contributed by atoms with Crippen LogP contribution in [0.5, 0.6) is 0 Å². The minimum atomic E-state index is -0.881. The Bertz CT molecular complexity index is 424. The highest BCUT2D eigenvalue weighted by atomic mass is 32.2. The molecule has 0 amide bonds. The third kappa shape index (κ3) is 15.5. The zero-order chi connectivity index (χ0) is 19.3. The Labute approximate surface area is 178 Å². The maximum absolute atomic E-state index is 10.4. The van der Waals surface area contributed by atoms with Gasteiger partial charge >= 0.3 is 5.97 Å². The third-order valence-electron chi connectivity index (χ3n) is 3.89. The Kier molecular flexibility index (Phi) is 15.1. The lowest BCUT2D eigenvalue weighted by molar-refractivity contribution is -0.138. The van der Waals surface area contributed by atoms with E-state index in [4.69, 9.17) is 17.3 Å². The van der Waals surface area contributed by atoms with Gasteiger partial charge in [-0.25, -0.2) is 0 Å². The van der Waals surface area contributed by atoms with Gasteiger partial charge in [-0.15, -0.1) is 24.4 Å². The Morgan fingerprint density at radius 1 is 1.16 bits per heavy atom. The molecule has 0 saturated carbocycles. The van der Waals surface area contributed by atoms with Crippen LogP contribution in [0, 0.1) is 0 Å². The van der Waals surface area contributed by atoms with Crippen molar-refractivity contribution in [3.8, 4) is 0 Å². The Hall–Kier alpha value is 0.700. The van der Waals surface area contributed by atoms with Crippen LogP contribution in [0.25, 0.3) is 0 Å². The van der Waals surface area contributed by atoms with Crippen LogP contribution < -0.4 is 0 Å². The first-order chi connectivity index (χ1) is 11.7. The standard InChI is InChI=1S/C13H24S2.C5H8O2S3/c1-2-3-4-5-6-7-8-9-10-11-12-13(14)15-12;1-5(2,3(6)7)10-4(8)9/h12H,2-11H2,1H3;1-2H3,(H,6,7)(H,8,9). The minimum Gasteiger partial charge on any atom is -0.480 e. The van der Waals surface area contributed by atoms with Crippen LogP contribution in [0.3, 0.4) is 0 Å². The van der Waals surface area contributed by atoms with Gasteiger partial charge in [0.15, 0.2) is 0 Å². The molecule has 1 aliphatic rings. The number of thiocarbonyl (C=S) groups is 2. The zero-order valence-electron chi connectivity index (χ0n) is 15.6. The lowest BCUT2D eigenvalue weighted by Crippen LogP contribution is -2.27. The normalized spacial score (nSPS) is 16.2. The molecule has 1 saturated heterocycles. The molecule has 1 N–H and O–H groups in total. The largest absolute Gasteiger partial charge is 0.480 e. The smallest absolute Gasteiger partial charge is 0.319 e. The van der Waals surface area contributed by atoms with Crippen LogP contribution in [0.4, 0.5) is 0 Å². The predicted octanol–water partition coefficient (Wildman–Crippen LogP) is 7.15. The van der Waals surface area contributed by atoms with E-state index >= 15 is 0 Å². The van der Waals surface area contributed by atoms with Gasteiger partial charge in [0.1, 0.15) is 8.28 Å². The molecule has 1 unspecified atom stereocenters. The molecule has 1 aliphatic heterocycles. The van der Waals surface area contributed by atoms with Crippen molar-refractivity contribution >= 4 is 74.3 Å². The van der Waals surface area contributed by atoms with E-state index in [1.54, 1.807) is 13.8 Å². The molecule has 1 heterocycles. The van der Waals surface area contributed by atoms with Crippen molar-refractivity contribution in [1.82, 2.24) is 0 Å². The maximum Gasteiger partial charge on any atom is 0.319 e. The summed E-state index contributed by atoms with van der Waals surface area (Å²) in [6.45, 7) is 5.45. The Balaban J connectivity index is 0.000000504. The molecular weight excluding hydrogens is 409 g/mol. The lowest BCUT2D eigenvalue weighted by Gasteiger charge is -2.16. The summed E-state index contributed by atoms with van der Waals surface area (Å²) in [6, 6.07) is 0. The first-order valence-electron chi connectivity index (χ1n) is 9.06. The minimum absolute atomic E-state index is 0.354. The molecule has 0 aromatic rings. The molecule has 7 heteroatoms. The van der Waals surface area contributed by atoms with Crippen LogP contribution in [-0.2, 0) is 4.79 Å². The monoisotopic (exact) mass is 440 g/mol. The first-order valence-corrected chi connectivity index (χ1v) is 12.0. The second kappa shape index (κ2) is 14.7. The quantitative estimate of drug-likeness (QED) is 0.145. The van der Waals surface area contributed by atoms with Gasteiger partial charge in [0, 0.05) is 0 Å². The summed E-state index contributed by atoms with van der Waals surface area (Å²) >= 11 is 16.5. The van der Waals surface area contributed by atoms with E-state index in [1.165, 1.54) is 68.4 Å². The van der Waals surface area contributed by atoms with Crippen molar-refractivity contribution in [1.29, 1.82) is 0 Å². The summed E-state index contributed by atoms with van der Waals surface area (Å²) in [6.07, 6.45) is 14.2. The van der Waals surface area contributed by atoms with Gasteiger partial charge in [-0.2, -0.15) is 0 Å². The van der Waals surface area contributed by atoms with Gasteiger partial charge < -0.3 is 5.11 Å². The number of hydrogen-bond donors (Lipinski definition) is 2. The van der Waals surface area contributed by atoms with E-state index in [9.17, 15) is 4.79 Å². The maximum atomic E-state index is 10.4. The molecule has 0 aromatic carbocycles. The molecule has 1 atom stereocenters. The van der Waals surface area contributed by atoms with Gasteiger partial charge in [0.2, 0.25) is 0 Å². The van der Waals surface area contributed by atoms with Gasteiger partial charge in [0.25, 0.3) is 0 Å². The van der Waals surface area contributed by atoms with Gasteiger partial charge in [-0.1, -0.05) is 101 Å². The second-order valence-corrected chi connectivity index (χ2v) is 12.0. The van der Waals surface area contributed by atoms with Crippen molar-refractivity contribution in [2.24, 2.45) is 0 Å². The van der Waals surface area contributed by atoms with E-state index in [2.05, 4.69) is 31.8 Å². The van der Waals surface area contributed by atoms with Crippen LogP contribution in [-0.4, -0.2) is 28.8 Å². The van der Waals surface area contributed by atoms with Crippen LogP contribution >= 0.6 is 60.6 Å². The van der Waals surface area contributed by atoms with Crippen molar-refractivity contribution in [2.75, 3.05) is 0 Å². The summed E-state index contributed by atoms with van der Waals surface area (Å²) in [7, 11) is 0. The lowest BCUT2D eigenvalue weighted by atomic mass is 10.1. The highest BCUT2D eigenvalue weighted by Gasteiger charge is 2.30. The molecule has 0 aromatic heterocycles. The number of rotatable bonds is 12. The van der Waals surface area contributed by atoms with Crippen LogP contribution in [0.15, 0.2) is 0 Å². The summed E-state index contributed by atoms with van der Waals surface area (Å²) in [4.78, 5) is 10.4. The predicted molar refractivity (Wildman–Crippen MR) is 127 cm³/mol. The fourth-order valence-electron chi connectivity index (χ4n) is 2.19. The SMILES string of the molecule is CC(C)(SC(=S)S)C(=O)O.CCCCCCCCCCCC1SC1=S. The average Bonchev–Trinajstić information content (AvgIpc) is 3.20. The molecule has 0 spiro atoms. The van der Waals surface area contributed by atoms with Crippen molar-refractivity contribution in [3.63, 3.8) is 0 Å². The van der Waals surface area contributed by atoms with Gasteiger partial charge in [-0.3, -0.25) is 4.79 Å². The van der Waals surface area contributed by atoms with Crippen molar-refractivity contribution in [3.05, 3.63) is 0 Å². The molecule has 0 aliphatic carbocycles. The summed E-state index contributed by atoms with van der Waals surface area (Å²) in [5, 5.41) is 9.34. The highest BCUT2D eigenvalue weighted by molar-refractivity contribution is 8.42. The topological polar surface area (TPSA) is 37.3 Å². The van der Waals surface area contributed by atoms with E-state index in [0.717, 1.165) is 17.0 Å².